The van der Waals surface area contributed by atoms with Crippen molar-refractivity contribution in [1.29, 1.82) is 5.26 Å². The number of rotatable bonds is 2. The van der Waals surface area contributed by atoms with Crippen molar-refractivity contribution in [2.75, 3.05) is 0 Å². The number of benzene rings is 1. The van der Waals surface area contributed by atoms with E-state index >= 15 is 0 Å². The number of nitrogens with zero attached hydrogens (tertiary/aromatic N) is 2. The average Bonchev–Trinajstić information content (AvgIpc) is 3.20. The van der Waals surface area contributed by atoms with Gasteiger partial charge in [0.2, 0.25) is 11.8 Å². The minimum Gasteiger partial charge on any atom is -0.420 e. The Kier molecular flexibility index (Phi) is 3.36. The fourth-order valence-electron chi connectivity index (χ4n) is 3.01. The first kappa shape index (κ1) is 14.5. The molecule has 3 heterocycles. The maximum atomic E-state index is 9.65. The van der Waals surface area contributed by atoms with Gasteiger partial charge in [0.1, 0.15) is 11.6 Å². The number of ether oxygens (including phenoxy) is 1. The predicted molar refractivity (Wildman–Crippen MR) is 92.4 cm³/mol. The van der Waals surface area contributed by atoms with Gasteiger partial charge in [0.05, 0.1) is 17.2 Å². The van der Waals surface area contributed by atoms with E-state index < -0.39 is 0 Å². The Morgan fingerprint density at radius 3 is 2.75 bits per heavy atom. The summed E-state index contributed by atoms with van der Waals surface area (Å²) in [6.45, 7) is 2.04. The Morgan fingerprint density at radius 2 is 2.08 bits per heavy atom. The molecule has 4 rings (SSSR count). The Balaban J connectivity index is 1.98. The normalized spacial score (nSPS) is 16.4. The molecule has 6 heteroatoms. The number of nitrogens with two attached hydrogens (primary N) is 1. The highest BCUT2D eigenvalue weighted by molar-refractivity contribution is 7.10. The van der Waals surface area contributed by atoms with Crippen molar-refractivity contribution in [1.82, 2.24) is 10.2 Å². The molecule has 0 amide bonds. The number of nitrogens with one attached hydrogen (secondary N) is 1. The lowest BCUT2D eigenvalue weighted by molar-refractivity contribution is 0.379. The smallest absolute Gasteiger partial charge is 0.244 e. The summed E-state index contributed by atoms with van der Waals surface area (Å²) in [5.41, 5.74) is 10.2. The van der Waals surface area contributed by atoms with E-state index in [-0.39, 0.29) is 11.8 Å². The topological polar surface area (TPSA) is 87.7 Å². The van der Waals surface area contributed by atoms with Crippen LogP contribution in [0.2, 0.25) is 0 Å². The first-order valence-electron chi connectivity index (χ1n) is 7.46. The number of allylic oxidation sites excluding steroid dienone is 1. The van der Waals surface area contributed by atoms with Crippen LogP contribution in [0.25, 0.3) is 11.3 Å². The van der Waals surface area contributed by atoms with Crippen LogP contribution in [0, 0.1) is 18.3 Å². The van der Waals surface area contributed by atoms with Crippen LogP contribution in [0.1, 0.15) is 21.9 Å². The highest BCUT2D eigenvalue weighted by Crippen LogP contribution is 2.47. The molecule has 3 N–H and O–H groups in total. The second kappa shape index (κ2) is 5.55. The second-order valence-electron chi connectivity index (χ2n) is 5.58. The van der Waals surface area contributed by atoms with E-state index in [0.29, 0.717) is 11.5 Å². The van der Waals surface area contributed by atoms with E-state index in [9.17, 15) is 5.26 Å². The average molecular weight is 334 g/mol. The number of aromatic amines is 1. The number of hydrogen-bond donors (Lipinski definition) is 2. The monoisotopic (exact) mass is 334 g/mol. The SMILES string of the molecule is Cc1ccsc1[C@@H]1C(C#N)=C(N)Oc2n[nH]c(-c3ccccc3)c21. The van der Waals surface area contributed by atoms with Crippen LogP contribution in [-0.2, 0) is 0 Å². The van der Waals surface area contributed by atoms with Gasteiger partial charge in [-0.25, -0.2) is 0 Å². The van der Waals surface area contributed by atoms with Crippen LogP contribution >= 0.6 is 11.3 Å². The summed E-state index contributed by atoms with van der Waals surface area (Å²) in [6.07, 6.45) is 0. The lowest BCUT2D eigenvalue weighted by atomic mass is 9.86. The van der Waals surface area contributed by atoms with Crippen molar-refractivity contribution in [2.45, 2.75) is 12.8 Å². The number of fused-ring (bicyclic) bond motifs is 1. The quantitative estimate of drug-likeness (QED) is 0.748. The minimum atomic E-state index is -0.271. The molecule has 0 unspecified atom stereocenters. The highest BCUT2D eigenvalue weighted by atomic mass is 32.1. The van der Waals surface area contributed by atoms with E-state index in [1.807, 2.05) is 48.7 Å². The van der Waals surface area contributed by atoms with Crippen LogP contribution in [0.15, 0.2) is 53.2 Å². The summed E-state index contributed by atoms with van der Waals surface area (Å²) in [4.78, 5) is 1.08. The van der Waals surface area contributed by atoms with Crippen LogP contribution in [-0.4, -0.2) is 10.2 Å². The summed E-state index contributed by atoms with van der Waals surface area (Å²) < 4.78 is 5.60. The van der Waals surface area contributed by atoms with Crippen LogP contribution < -0.4 is 10.5 Å². The van der Waals surface area contributed by atoms with Gasteiger partial charge in [-0.05, 0) is 29.5 Å². The molecule has 1 aromatic carbocycles. The molecule has 118 valence electrons. The summed E-state index contributed by atoms with van der Waals surface area (Å²) in [6, 6.07) is 14.2. The minimum absolute atomic E-state index is 0.119. The molecular weight excluding hydrogens is 320 g/mol. The molecule has 0 spiro atoms. The third kappa shape index (κ3) is 2.10. The van der Waals surface area contributed by atoms with Gasteiger partial charge in [-0.2, -0.15) is 5.26 Å². The van der Waals surface area contributed by atoms with Gasteiger partial charge in [0.15, 0.2) is 0 Å². The first-order chi connectivity index (χ1) is 11.7. The zero-order valence-corrected chi connectivity index (χ0v) is 13.7. The Morgan fingerprint density at radius 1 is 1.29 bits per heavy atom. The van der Waals surface area contributed by atoms with Gasteiger partial charge in [-0.3, -0.25) is 5.10 Å². The van der Waals surface area contributed by atoms with E-state index in [4.69, 9.17) is 10.5 Å². The third-order valence-corrected chi connectivity index (χ3v) is 5.25. The Hall–Kier alpha value is -3.04. The summed E-state index contributed by atoms with van der Waals surface area (Å²) >= 11 is 1.61. The van der Waals surface area contributed by atoms with Crippen molar-refractivity contribution >= 4 is 11.3 Å². The van der Waals surface area contributed by atoms with Crippen molar-refractivity contribution in [3.8, 4) is 23.2 Å². The summed E-state index contributed by atoms with van der Waals surface area (Å²) in [7, 11) is 0. The standard InChI is InChI=1S/C18H14N4OS/c1-10-7-8-24-16(10)13-12(9-19)17(20)23-18-14(13)15(21-22-18)11-5-3-2-4-6-11/h2-8,13H,20H2,1H3,(H,21,22)/t13-/m1/s1. The van der Waals surface area contributed by atoms with Crippen molar-refractivity contribution in [3.63, 3.8) is 0 Å². The molecule has 1 atom stereocenters. The first-order valence-corrected chi connectivity index (χ1v) is 8.34. The summed E-state index contributed by atoms with van der Waals surface area (Å²) in [5.74, 6) is 0.282. The maximum Gasteiger partial charge on any atom is 0.244 e. The number of thiophene rings is 1. The van der Waals surface area contributed by atoms with Crippen LogP contribution in [0.5, 0.6) is 5.88 Å². The third-order valence-electron chi connectivity index (χ3n) is 4.17. The van der Waals surface area contributed by atoms with Gasteiger partial charge >= 0.3 is 0 Å². The molecule has 0 saturated heterocycles. The molecule has 0 saturated carbocycles. The molecule has 5 nitrogen and oxygen atoms in total. The molecule has 1 aliphatic rings. The molecule has 2 aromatic heterocycles. The molecule has 0 bridgehead atoms. The molecular formula is C18H14N4OS. The van der Waals surface area contributed by atoms with E-state index in [0.717, 1.165) is 27.3 Å². The van der Waals surface area contributed by atoms with Crippen molar-refractivity contribution in [2.24, 2.45) is 5.73 Å². The van der Waals surface area contributed by atoms with Gasteiger partial charge < -0.3 is 10.5 Å². The largest absolute Gasteiger partial charge is 0.420 e. The number of hydrogen-bond acceptors (Lipinski definition) is 5. The number of aromatic nitrogens is 2. The van der Waals surface area contributed by atoms with E-state index in [1.54, 1.807) is 11.3 Å². The van der Waals surface area contributed by atoms with Gasteiger partial charge in [-0.15, -0.1) is 16.4 Å². The maximum absolute atomic E-state index is 9.65. The second-order valence-corrected chi connectivity index (χ2v) is 6.52. The lowest BCUT2D eigenvalue weighted by Crippen LogP contribution is -2.20. The molecule has 1 aliphatic heterocycles. The van der Waals surface area contributed by atoms with Crippen molar-refractivity contribution < 1.29 is 4.74 Å². The molecule has 3 aromatic rings. The van der Waals surface area contributed by atoms with Gasteiger partial charge in [-0.1, -0.05) is 30.3 Å². The fourth-order valence-corrected chi connectivity index (χ4v) is 4.06. The fraction of sp³-hybridized carbons (Fsp3) is 0.111. The lowest BCUT2D eigenvalue weighted by Gasteiger charge is -2.23. The van der Waals surface area contributed by atoms with E-state index in [2.05, 4.69) is 16.3 Å². The molecule has 0 aliphatic carbocycles. The Bertz CT molecular complexity index is 978. The predicted octanol–water partition coefficient (Wildman–Crippen LogP) is 3.66. The zero-order valence-electron chi connectivity index (χ0n) is 12.9. The molecule has 0 radical (unpaired) electrons. The number of H-pyrrole nitrogens is 1. The highest BCUT2D eigenvalue weighted by Gasteiger charge is 2.36. The van der Waals surface area contributed by atoms with Crippen molar-refractivity contribution in [3.05, 3.63) is 69.2 Å². The molecule has 0 fully saturated rings. The zero-order chi connectivity index (χ0) is 16.7. The Labute approximate surface area is 143 Å². The number of nitriles is 1. The molecule has 24 heavy (non-hydrogen) atoms. The van der Waals surface area contributed by atoms with Crippen LogP contribution in [0.3, 0.4) is 0 Å². The van der Waals surface area contributed by atoms with E-state index in [1.165, 1.54) is 0 Å². The van der Waals surface area contributed by atoms with Crippen LogP contribution in [0.4, 0.5) is 0 Å². The number of aryl methyl sites for hydroxylation is 1. The van der Waals surface area contributed by atoms with Gasteiger partial charge in [0, 0.05) is 4.88 Å². The van der Waals surface area contributed by atoms with Gasteiger partial charge in [0.25, 0.3) is 0 Å². The summed E-state index contributed by atoms with van der Waals surface area (Å²) in [5, 5.41) is 19.0.